The van der Waals surface area contributed by atoms with Gasteiger partial charge in [-0.1, -0.05) is 30.3 Å². The molecule has 0 saturated heterocycles. The van der Waals surface area contributed by atoms with E-state index in [4.69, 9.17) is 0 Å². The zero-order chi connectivity index (χ0) is 14.3. The zero-order valence-corrected chi connectivity index (χ0v) is 11.2. The summed E-state index contributed by atoms with van der Waals surface area (Å²) in [5, 5.41) is 0. The Hall–Kier alpha value is -2.23. The zero-order valence-electron chi connectivity index (χ0n) is 11.2. The molecule has 2 nitrogen and oxygen atoms in total. The van der Waals surface area contributed by atoms with E-state index in [1.165, 1.54) is 0 Å². The topological polar surface area (TPSA) is 28.7 Å². The fraction of sp³-hybridized carbons (Fsp3) is 0.188. The first-order valence-electron chi connectivity index (χ1n) is 6.39. The molecule has 0 amide bonds. The summed E-state index contributed by atoms with van der Waals surface area (Å²) in [6.07, 6.45) is 0. The maximum absolute atomic E-state index is 13.3. The van der Waals surface area contributed by atoms with Gasteiger partial charge in [0.05, 0.1) is 11.0 Å². The number of aromatic nitrogens is 2. The van der Waals surface area contributed by atoms with Crippen molar-refractivity contribution in [1.29, 1.82) is 0 Å². The number of hydrogen-bond acceptors (Lipinski definition) is 1. The Kier molecular flexibility index (Phi) is 2.82. The molecule has 0 spiro atoms. The molecule has 3 aromatic rings. The highest BCUT2D eigenvalue weighted by Crippen LogP contribution is 2.31. The number of aromatic amines is 1. The second-order valence-electron chi connectivity index (χ2n) is 5.36. The Labute approximate surface area is 115 Å². The minimum absolute atomic E-state index is 0.368. The summed E-state index contributed by atoms with van der Waals surface area (Å²) < 4.78 is 26.5. The minimum Gasteiger partial charge on any atom is -0.341 e. The first kappa shape index (κ1) is 12.8. The van der Waals surface area contributed by atoms with Crippen molar-refractivity contribution >= 4 is 11.0 Å². The van der Waals surface area contributed by atoms with E-state index in [9.17, 15) is 8.78 Å². The summed E-state index contributed by atoms with van der Waals surface area (Å²) in [4.78, 5) is 7.49. The summed E-state index contributed by atoms with van der Waals surface area (Å²) in [7, 11) is 0. The summed E-state index contributed by atoms with van der Waals surface area (Å²) in [6.45, 7) is 4.04. The molecule has 1 N–H and O–H groups in total. The molecule has 1 heterocycles. The Morgan fingerprint density at radius 1 is 1.00 bits per heavy atom. The van der Waals surface area contributed by atoms with E-state index < -0.39 is 11.6 Å². The Morgan fingerprint density at radius 3 is 2.35 bits per heavy atom. The number of imidazole rings is 1. The summed E-state index contributed by atoms with van der Waals surface area (Å²) in [5.74, 6) is -1.07. The molecule has 0 bridgehead atoms. The first-order valence-corrected chi connectivity index (χ1v) is 6.39. The average Bonchev–Trinajstić information content (AvgIpc) is 2.84. The Bertz CT molecular complexity index is 722. The van der Waals surface area contributed by atoms with Crippen LogP contribution in [0.15, 0.2) is 42.5 Å². The van der Waals surface area contributed by atoms with Crippen molar-refractivity contribution in [1.82, 2.24) is 9.97 Å². The number of H-pyrrole nitrogens is 1. The van der Waals surface area contributed by atoms with E-state index in [1.54, 1.807) is 0 Å². The van der Waals surface area contributed by atoms with Gasteiger partial charge in [0.25, 0.3) is 0 Å². The Morgan fingerprint density at radius 2 is 1.65 bits per heavy atom. The first-order chi connectivity index (χ1) is 9.48. The predicted octanol–water partition coefficient (Wildman–Crippen LogP) is 4.17. The van der Waals surface area contributed by atoms with Crippen LogP contribution in [0.25, 0.3) is 11.0 Å². The number of fused-ring (bicyclic) bond motifs is 1. The van der Waals surface area contributed by atoms with Crippen LogP contribution in [0.1, 0.15) is 25.2 Å². The highest BCUT2D eigenvalue weighted by atomic mass is 19.2. The number of rotatable bonds is 2. The van der Waals surface area contributed by atoms with Crippen LogP contribution in [-0.2, 0) is 5.41 Å². The number of benzene rings is 2. The van der Waals surface area contributed by atoms with Crippen molar-refractivity contribution in [3.8, 4) is 0 Å². The van der Waals surface area contributed by atoms with Crippen LogP contribution in [0.3, 0.4) is 0 Å². The molecule has 0 atom stereocenters. The van der Waals surface area contributed by atoms with Gasteiger partial charge >= 0.3 is 0 Å². The minimum atomic E-state index is -0.881. The van der Waals surface area contributed by atoms with Crippen molar-refractivity contribution in [3.63, 3.8) is 0 Å². The smallest absolute Gasteiger partial charge is 0.161 e. The van der Waals surface area contributed by atoms with Gasteiger partial charge in [-0.2, -0.15) is 0 Å². The van der Waals surface area contributed by atoms with Gasteiger partial charge in [-0.05, 0) is 19.4 Å². The van der Waals surface area contributed by atoms with Gasteiger partial charge in [-0.3, -0.25) is 0 Å². The predicted molar refractivity (Wildman–Crippen MR) is 74.6 cm³/mol. The van der Waals surface area contributed by atoms with Gasteiger partial charge in [-0.15, -0.1) is 0 Å². The molecule has 0 radical (unpaired) electrons. The van der Waals surface area contributed by atoms with E-state index >= 15 is 0 Å². The van der Waals surface area contributed by atoms with Crippen LogP contribution in [0.5, 0.6) is 0 Å². The second-order valence-corrected chi connectivity index (χ2v) is 5.36. The average molecular weight is 272 g/mol. The molecule has 102 valence electrons. The lowest BCUT2D eigenvalue weighted by atomic mass is 9.84. The highest BCUT2D eigenvalue weighted by Gasteiger charge is 2.26. The van der Waals surface area contributed by atoms with Crippen molar-refractivity contribution in [2.24, 2.45) is 0 Å². The van der Waals surface area contributed by atoms with Crippen molar-refractivity contribution in [3.05, 3.63) is 65.5 Å². The van der Waals surface area contributed by atoms with Gasteiger partial charge in [0, 0.05) is 17.5 Å². The van der Waals surface area contributed by atoms with Crippen LogP contribution < -0.4 is 0 Å². The standard InChI is InChI=1S/C16H14F2N2/c1-16(2,10-6-4-3-5-7-10)15-19-13-8-11(17)12(18)9-14(13)20-15/h3-9H,1-2H3,(H,19,20). The maximum atomic E-state index is 13.3. The molecule has 0 fully saturated rings. The molecular formula is C16H14F2N2. The molecule has 20 heavy (non-hydrogen) atoms. The van der Waals surface area contributed by atoms with Crippen LogP contribution >= 0.6 is 0 Å². The van der Waals surface area contributed by atoms with Crippen LogP contribution in [-0.4, -0.2) is 9.97 Å². The number of nitrogens with zero attached hydrogens (tertiary/aromatic N) is 1. The second kappa shape index (κ2) is 4.40. The molecule has 3 rings (SSSR count). The maximum Gasteiger partial charge on any atom is 0.161 e. The molecule has 0 aliphatic rings. The third-order valence-corrected chi connectivity index (χ3v) is 3.61. The summed E-state index contributed by atoms with van der Waals surface area (Å²) in [5.41, 5.74) is 1.65. The summed E-state index contributed by atoms with van der Waals surface area (Å²) in [6, 6.07) is 12.1. The lowest BCUT2D eigenvalue weighted by Gasteiger charge is -2.22. The molecule has 0 unspecified atom stereocenters. The fourth-order valence-corrected chi connectivity index (χ4v) is 2.29. The van der Waals surface area contributed by atoms with Gasteiger partial charge in [0.15, 0.2) is 11.6 Å². The molecular weight excluding hydrogens is 258 g/mol. The van der Waals surface area contributed by atoms with Gasteiger partial charge < -0.3 is 4.98 Å². The van der Waals surface area contributed by atoms with E-state index in [0.717, 1.165) is 17.7 Å². The summed E-state index contributed by atoms with van der Waals surface area (Å²) >= 11 is 0. The molecule has 4 heteroatoms. The molecule has 0 aliphatic carbocycles. The fourth-order valence-electron chi connectivity index (χ4n) is 2.29. The lowest BCUT2D eigenvalue weighted by molar-refractivity contribution is 0.510. The molecule has 2 aromatic carbocycles. The third kappa shape index (κ3) is 1.97. The largest absolute Gasteiger partial charge is 0.341 e. The number of nitrogens with one attached hydrogen (secondary N) is 1. The Balaban J connectivity index is 2.15. The molecule has 0 saturated carbocycles. The van der Waals surface area contributed by atoms with Crippen LogP contribution in [0.4, 0.5) is 8.78 Å². The number of hydrogen-bond donors (Lipinski definition) is 1. The van der Waals surface area contributed by atoms with Gasteiger partial charge in [0.1, 0.15) is 5.82 Å². The van der Waals surface area contributed by atoms with Crippen molar-refractivity contribution in [2.45, 2.75) is 19.3 Å². The van der Waals surface area contributed by atoms with E-state index in [2.05, 4.69) is 9.97 Å². The third-order valence-electron chi connectivity index (χ3n) is 3.61. The van der Waals surface area contributed by atoms with E-state index in [-0.39, 0.29) is 5.41 Å². The van der Waals surface area contributed by atoms with Crippen molar-refractivity contribution in [2.75, 3.05) is 0 Å². The van der Waals surface area contributed by atoms with E-state index in [1.807, 2.05) is 44.2 Å². The van der Waals surface area contributed by atoms with Crippen molar-refractivity contribution < 1.29 is 8.78 Å². The highest BCUT2D eigenvalue weighted by molar-refractivity contribution is 5.75. The van der Waals surface area contributed by atoms with Gasteiger partial charge in [0.2, 0.25) is 0 Å². The van der Waals surface area contributed by atoms with Gasteiger partial charge in [-0.25, -0.2) is 13.8 Å². The molecule has 1 aromatic heterocycles. The van der Waals surface area contributed by atoms with E-state index in [0.29, 0.717) is 16.9 Å². The molecule has 0 aliphatic heterocycles. The monoisotopic (exact) mass is 272 g/mol. The number of halogens is 2. The lowest BCUT2D eigenvalue weighted by Crippen LogP contribution is -2.20. The normalized spacial score (nSPS) is 12.0. The van der Waals surface area contributed by atoms with Crippen LogP contribution in [0.2, 0.25) is 0 Å². The SMILES string of the molecule is CC(C)(c1ccccc1)c1nc2cc(F)c(F)cc2[nH]1. The van der Waals surface area contributed by atoms with Crippen LogP contribution in [0, 0.1) is 11.6 Å². The quantitative estimate of drug-likeness (QED) is 0.745.